The Hall–Kier alpha value is -0.290. The average molecular weight is 252 g/mol. The van der Waals surface area contributed by atoms with Crippen LogP contribution in [-0.2, 0) is 0 Å². The molecule has 1 fully saturated rings. The summed E-state index contributed by atoms with van der Waals surface area (Å²) in [6.45, 7) is 5.01. The van der Waals surface area contributed by atoms with Crippen LogP contribution < -0.4 is 5.73 Å². The summed E-state index contributed by atoms with van der Waals surface area (Å²) in [6.07, 6.45) is -1.78. The van der Waals surface area contributed by atoms with Crippen molar-refractivity contribution in [3.8, 4) is 0 Å². The minimum atomic E-state index is -4.01. The third-order valence-corrected chi connectivity index (χ3v) is 3.65. The molecule has 0 aliphatic heterocycles. The summed E-state index contributed by atoms with van der Waals surface area (Å²) in [5.41, 5.74) is 5.48. The number of halogens is 3. The number of alkyl halides is 3. The molecule has 0 spiro atoms. The molecular formula is C12H23F3N2. The number of hydrogen-bond donors (Lipinski definition) is 1. The minimum Gasteiger partial charge on any atom is -0.329 e. The molecule has 0 amide bonds. The zero-order valence-electron chi connectivity index (χ0n) is 10.5. The topological polar surface area (TPSA) is 29.3 Å². The smallest absolute Gasteiger partial charge is 0.329 e. The first kappa shape index (κ1) is 14.8. The van der Waals surface area contributed by atoms with Gasteiger partial charge in [-0.05, 0) is 31.7 Å². The van der Waals surface area contributed by atoms with Crippen LogP contribution in [0.15, 0.2) is 0 Å². The van der Waals surface area contributed by atoms with Gasteiger partial charge in [0.1, 0.15) is 0 Å². The van der Waals surface area contributed by atoms with Crippen LogP contribution >= 0.6 is 0 Å². The van der Waals surface area contributed by atoms with Gasteiger partial charge < -0.3 is 10.6 Å². The van der Waals surface area contributed by atoms with E-state index in [0.29, 0.717) is 25.8 Å². The molecule has 0 heterocycles. The van der Waals surface area contributed by atoms with E-state index in [1.807, 2.05) is 6.92 Å². The van der Waals surface area contributed by atoms with Crippen molar-refractivity contribution >= 4 is 0 Å². The number of likely N-dealkylation sites (N-methyl/N-ethyl adjacent to an activating group) is 1. The van der Waals surface area contributed by atoms with Crippen molar-refractivity contribution in [1.29, 1.82) is 0 Å². The van der Waals surface area contributed by atoms with Gasteiger partial charge in [0.25, 0.3) is 0 Å². The number of nitrogens with zero attached hydrogens (tertiary/aromatic N) is 1. The van der Waals surface area contributed by atoms with E-state index in [9.17, 15) is 13.2 Å². The second-order valence-electron chi connectivity index (χ2n) is 4.95. The summed E-state index contributed by atoms with van der Waals surface area (Å²) in [5, 5.41) is 0. The Bertz CT molecular complexity index is 218. The van der Waals surface area contributed by atoms with E-state index >= 15 is 0 Å². The van der Waals surface area contributed by atoms with Gasteiger partial charge in [0, 0.05) is 19.6 Å². The fraction of sp³-hybridized carbons (Fsp3) is 1.00. The van der Waals surface area contributed by atoms with E-state index in [4.69, 9.17) is 5.73 Å². The van der Waals surface area contributed by atoms with Gasteiger partial charge in [0.2, 0.25) is 0 Å². The first-order valence-corrected chi connectivity index (χ1v) is 6.46. The van der Waals surface area contributed by atoms with Gasteiger partial charge in [-0.15, -0.1) is 0 Å². The lowest BCUT2D eigenvalue weighted by atomic mass is 9.81. The van der Waals surface area contributed by atoms with E-state index in [2.05, 4.69) is 4.90 Å². The average Bonchev–Trinajstić information content (AvgIpc) is 2.28. The summed E-state index contributed by atoms with van der Waals surface area (Å²) in [4.78, 5) is 2.16. The highest BCUT2D eigenvalue weighted by Crippen LogP contribution is 2.40. The molecule has 2 unspecified atom stereocenters. The van der Waals surface area contributed by atoms with E-state index in [1.54, 1.807) is 0 Å². The lowest BCUT2D eigenvalue weighted by molar-refractivity contribution is -0.186. The van der Waals surface area contributed by atoms with Crippen LogP contribution in [0.1, 0.15) is 32.6 Å². The van der Waals surface area contributed by atoms with Gasteiger partial charge in [-0.3, -0.25) is 0 Å². The first-order valence-electron chi connectivity index (χ1n) is 6.46. The molecule has 2 atom stereocenters. The number of rotatable bonds is 5. The molecule has 2 nitrogen and oxygen atoms in total. The van der Waals surface area contributed by atoms with Gasteiger partial charge in [-0.1, -0.05) is 13.3 Å². The third kappa shape index (κ3) is 4.84. The van der Waals surface area contributed by atoms with Crippen LogP contribution in [0.5, 0.6) is 0 Å². The van der Waals surface area contributed by atoms with Gasteiger partial charge >= 0.3 is 6.18 Å². The van der Waals surface area contributed by atoms with Crippen LogP contribution in [0, 0.1) is 11.8 Å². The Morgan fingerprint density at radius 3 is 2.53 bits per heavy atom. The molecule has 17 heavy (non-hydrogen) atoms. The predicted molar refractivity (Wildman–Crippen MR) is 62.7 cm³/mol. The number of nitrogens with two attached hydrogens (primary N) is 1. The molecule has 0 aromatic carbocycles. The summed E-state index contributed by atoms with van der Waals surface area (Å²) in [5.74, 6) is -0.903. The van der Waals surface area contributed by atoms with E-state index in [0.717, 1.165) is 26.1 Å². The van der Waals surface area contributed by atoms with Crippen LogP contribution in [0.3, 0.4) is 0 Å². The zero-order chi connectivity index (χ0) is 12.9. The monoisotopic (exact) mass is 252 g/mol. The Labute approximate surface area is 101 Å². The SMILES string of the molecule is CCN(CCN)CC1CCCC(C(F)(F)F)C1. The lowest BCUT2D eigenvalue weighted by Gasteiger charge is -2.33. The quantitative estimate of drug-likeness (QED) is 0.815. The standard InChI is InChI=1S/C12H23F3N2/c1-2-17(7-6-16)9-10-4-3-5-11(8-10)12(13,14)15/h10-11H,2-9,16H2,1H3. The molecule has 5 heteroatoms. The molecule has 1 saturated carbocycles. The predicted octanol–water partition coefficient (Wildman–Crippen LogP) is 2.64. The molecule has 0 saturated heterocycles. The summed E-state index contributed by atoms with van der Waals surface area (Å²) < 4.78 is 37.9. The van der Waals surface area contributed by atoms with Crippen LogP contribution in [0.25, 0.3) is 0 Å². The van der Waals surface area contributed by atoms with Crippen molar-refractivity contribution in [2.75, 3.05) is 26.2 Å². The van der Waals surface area contributed by atoms with Crippen molar-refractivity contribution in [3.63, 3.8) is 0 Å². The first-order chi connectivity index (χ1) is 7.97. The van der Waals surface area contributed by atoms with Gasteiger partial charge in [-0.25, -0.2) is 0 Å². The van der Waals surface area contributed by atoms with Crippen LogP contribution in [0.4, 0.5) is 13.2 Å². The maximum absolute atomic E-state index is 12.6. The zero-order valence-corrected chi connectivity index (χ0v) is 10.5. The maximum atomic E-state index is 12.6. The van der Waals surface area contributed by atoms with Crippen LogP contribution in [-0.4, -0.2) is 37.3 Å². The highest BCUT2D eigenvalue weighted by molar-refractivity contribution is 4.79. The minimum absolute atomic E-state index is 0.182. The van der Waals surface area contributed by atoms with Crippen molar-refractivity contribution in [2.45, 2.75) is 38.8 Å². The molecule has 0 radical (unpaired) electrons. The van der Waals surface area contributed by atoms with Crippen molar-refractivity contribution < 1.29 is 13.2 Å². The molecular weight excluding hydrogens is 229 g/mol. The molecule has 0 aromatic rings. The molecule has 102 valence electrons. The molecule has 1 aliphatic rings. The van der Waals surface area contributed by atoms with Gasteiger partial charge in [0.15, 0.2) is 0 Å². The van der Waals surface area contributed by atoms with E-state index < -0.39 is 12.1 Å². The van der Waals surface area contributed by atoms with Crippen molar-refractivity contribution in [1.82, 2.24) is 4.90 Å². The highest BCUT2D eigenvalue weighted by Gasteiger charge is 2.42. The van der Waals surface area contributed by atoms with Gasteiger partial charge in [-0.2, -0.15) is 13.2 Å². The summed E-state index contributed by atoms with van der Waals surface area (Å²) >= 11 is 0. The molecule has 0 aromatic heterocycles. The van der Waals surface area contributed by atoms with Gasteiger partial charge in [0.05, 0.1) is 5.92 Å². The van der Waals surface area contributed by atoms with Crippen molar-refractivity contribution in [3.05, 3.63) is 0 Å². The highest BCUT2D eigenvalue weighted by atomic mass is 19.4. The molecule has 1 rings (SSSR count). The third-order valence-electron chi connectivity index (χ3n) is 3.65. The van der Waals surface area contributed by atoms with E-state index in [-0.39, 0.29) is 5.92 Å². The molecule has 2 N–H and O–H groups in total. The van der Waals surface area contributed by atoms with E-state index in [1.165, 1.54) is 0 Å². The lowest BCUT2D eigenvalue weighted by Crippen LogP contribution is -2.37. The Morgan fingerprint density at radius 1 is 1.29 bits per heavy atom. The fourth-order valence-corrected chi connectivity index (χ4v) is 2.68. The van der Waals surface area contributed by atoms with Crippen LogP contribution in [0.2, 0.25) is 0 Å². The maximum Gasteiger partial charge on any atom is 0.391 e. The molecule has 0 bridgehead atoms. The summed E-state index contributed by atoms with van der Waals surface area (Å²) in [6, 6.07) is 0. The Balaban J connectivity index is 2.43. The second-order valence-corrected chi connectivity index (χ2v) is 4.95. The molecule has 1 aliphatic carbocycles. The fourth-order valence-electron chi connectivity index (χ4n) is 2.68. The summed E-state index contributed by atoms with van der Waals surface area (Å²) in [7, 11) is 0. The van der Waals surface area contributed by atoms with Crippen molar-refractivity contribution in [2.24, 2.45) is 17.6 Å². The largest absolute Gasteiger partial charge is 0.391 e. The normalized spacial score (nSPS) is 26.5. The number of hydrogen-bond acceptors (Lipinski definition) is 2. The second kappa shape index (κ2) is 6.59. The Morgan fingerprint density at radius 2 is 2.00 bits per heavy atom. The Kier molecular flexibility index (Phi) is 5.73.